The maximum absolute atomic E-state index is 11.9. The fourth-order valence-electron chi connectivity index (χ4n) is 2.13. The van der Waals surface area contributed by atoms with Crippen molar-refractivity contribution < 1.29 is 4.79 Å². The summed E-state index contributed by atoms with van der Waals surface area (Å²) in [5.74, 6) is 0.783. The van der Waals surface area contributed by atoms with Crippen LogP contribution in [0, 0.1) is 5.92 Å². The lowest BCUT2D eigenvalue weighted by molar-refractivity contribution is -0.122. The van der Waals surface area contributed by atoms with Crippen LogP contribution in [0.2, 0.25) is 0 Å². The zero-order chi connectivity index (χ0) is 14.8. The van der Waals surface area contributed by atoms with E-state index < -0.39 is 0 Å². The van der Waals surface area contributed by atoms with Gasteiger partial charge >= 0.3 is 0 Å². The summed E-state index contributed by atoms with van der Waals surface area (Å²) in [6.45, 7) is 10.5. The van der Waals surface area contributed by atoms with Gasteiger partial charge in [0, 0.05) is 25.0 Å². The summed E-state index contributed by atoms with van der Waals surface area (Å²) in [5, 5.41) is 6.49. The van der Waals surface area contributed by atoms with Gasteiger partial charge < -0.3 is 15.5 Å². The van der Waals surface area contributed by atoms with Gasteiger partial charge in [0.2, 0.25) is 5.91 Å². The highest BCUT2D eigenvalue weighted by molar-refractivity contribution is 5.76. The molecular formula is C15H33N3O. The van der Waals surface area contributed by atoms with Crippen LogP contribution in [0.5, 0.6) is 0 Å². The van der Waals surface area contributed by atoms with Crippen LogP contribution in [0.1, 0.15) is 47.0 Å². The van der Waals surface area contributed by atoms with Crippen molar-refractivity contribution in [3.63, 3.8) is 0 Å². The first-order valence-corrected chi connectivity index (χ1v) is 7.48. The van der Waals surface area contributed by atoms with Gasteiger partial charge in [0.05, 0.1) is 0 Å². The summed E-state index contributed by atoms with van der Waals surface area (Å²) in [6.07, 6.45) is 2.55. The van der Waals surface area contributed by atoms with E-state index in [9.17, 15) is 4.79 Å². The van der Waals surface area contributed by atoms with Gasteiger partial charge in [-0.3, -0.25) is 4.79 Å². The highest BCUT2D eigenvalue weighted by Crippen LogP contribution is 2.06. The van der Waals surface area contributed by atoms with Crippen LogP contribution in [0.15, 0.2) is 0 Å². The largest absolute Gasteiger partial charge is 0.352 e. The van der Waals surface area contributed by atoms with Crippen molar-refractivity contribution in [1.29, 1.82) is 0 Å². The Bertz CT molecular complexity index is 230. The van der Waals surface area contributed by atoms with Gasteiger partial charge in [-0.05, 0) is 39.4 Å². The van der Waals surface area contributed by atoms with Crippen LogP contribution >= 0.6 is 0 Å². The lowest BCUT2D eigenvalue weighted by Gasteiger charge is -2.24. The topological polar surface area (TPSA) is 44.4 Å². The van der Waals surface area contributed by atoms with Crippen LogP contribution in [-0.4, -0.2) is 50.1 Å². The summed E-state index contributed by atoms with van der Waals surface area (Å²) in [7, 11) is 4.10. The number of nitrogens with one attached hydrogen (secondary N) is 2. The van der Waals surface area contributed by atoms with Gasteiger partial charge in [0.15, 0.2) is 0 Å². The van der Waals surface area contributed by atoms with Crippen molar-refractivity contribution in [3.05, 3.63) is 0 Å². The van der Waals surface area contributed by atoms with Crippen molar-refractivity contribution in [3.8, 4) is 0 Å². The van der Waals surface area contributed by atoms with E-state index in [4.69, 9.17) is 0 Å². The standard InChI is InChI=1S/C15H33N3O/c1-12(2)10-14(11-18(5)6)17-15(19)8-7-9-16-13(3)4/h12-14,16H,7-11H2,1-6H3,(H,17,19). The fourth-order valence-corrected chi connectivity index (χ4v) is 2.13. The second-order valence-corrected chi connectivity index (χ2v) is 6.37. The highest BCUT2D eigenvalue weighted by Gasteiger charge is 2.14. The third-order valence-electron chi connectivity index (χ3n) is 2.84. The minimum absolute atomic E-state index is 0.179. The Morgan fingerprint density at radius 3 is 2.26 bits per heavy atom. The smallest absolute Gasteiger partial charge is 0.220 e. The highest BCUT2D eigenvalue weighted by atomic mass is 16.1. The average molecular weight is 271 g/mol. The number of nitrogens with zero attached hydrogens (tertiary/aromatic N) is 1. The Morgan fingerprint density at radius 1 is 1.16 bits per heavy atom. The molecule has 0 rings (SSSR count). The normalized spacial score (nSPS) is 13.3. The van der Waals surface area contributed by atoms with E-state index in [0.717, 1.165) is 25.9 Å². The van der Waals surface area contributed by atoms with Gasteiger partial charge in [-0.2, -0.15) is 0 Å². The summed E-state index contributed by atoms with van der Waals surface area (Å²) in [6, 6.07) is 0.756. The van der Waals surface area contributed by atoms with Crippen molar-refractivity contribution in [2.45, 2.75) is 59.0 Å². The summed E-state index contributed by atoms with van der Waals surface area (Å²) in [4.78, 5) is 14.0. The molecule has 0 bridgehead atoms. The predicted molar refractivity (Wildman–Crippen MR) is 82.3 cm³/mol. The zero-order valence-corrected chi connectivity index (χ0v) is 13.6. The number of carbonyl (C=O) groups excluding carboxylic acids is 1. The first-order valence-electron chi connectivity index (χ1n) is 7.48. The average Bonchev–Trinajstić information content (AvgIpc) is 2.22. The van der Waals surface area contributed by atoms with E-state index in [1.165, 1.54) is 0 Å². The van der Waals surface area contributed by atoms with Crippen molar-refractivity contribution >= 4 is 5.91 Å². The Balaban J connectivity index is 3.94. The van der Waals surface area contributed by atoms with E-state index in [-0.39, 0.29) is 11.9 Å². The van der Waals surface area contributed by atoms with Crippen LogP contribution < -0.4 is 10.6 Å². The molecule has 0 aromatic rings. The molecule has 0 spiro atoms. The Labute approximate surface area is 119 Å². The lowest BCUT2D eigenvalue weighted by atomic mass is 10.0. The fraction of sp³-hybridized carbons (Fsp3) is 0.933. The molecule has 19 heavy (non-hydrogen) atoms. The quantitative estimate of drug-likeness (QED) is 0.596. The van der Waals surface area contributed by atoms with E-state index in [1.54, 1.807) is 0 Å². The molecule has 0 saturated heterocycles. The van der Waals surface area contributed by atoms with E-state index >= 15 is 0 Å². The number of rotatable bonds is 10. The van der Waals surface area contributed by atoms with E-state index in [0.29, 0.717) is 18.4 Å². The molecule has 0 aliphatic heterocycles. The zero-order valence-electron chi connectivity index (χ0n) is 13.6. The maximum atomic E-state index is 11.9. The molecule has 0 aromatic carbocycles. The Hall–Kier alpha value is -0.610. The van der Waals surface area contributed by atoms with Crippen LogP contribution in [0.3, 0.4) is 0 Å². The molecular weight excluding hydrogens is 238 g/mol. The van der Waals surface area contributed by atoms with Crippen LogP contribution in [-0.2, 0) is 4.79 Å². The molecule has 1 atom stereocenters. The molecule has 0 aliphatic rings. The van der Waals surface area contributed by atoms with Gasteiger partial charge in [0.1, 0.15) is 0 Å². The first-order chi connectivity index (χ1) is 8.81. The molecule has 1 amide bonds. The SMILES string of the molecule is CC(C)CC(CN(C)C)NC(=O)CCCNC(C)C. The van der Waals surface area contributed by atoms with Gasteiger partial charge in [0.25, 0.3) is 0 Å². The van der Waals surface area contributed by atoms with Gasteiger partial charge in [-0.1, -0.05) is 27.7 Å². The van der Waals surface area contributed by atoms with Gasteiger partial charge in [-0.25, -0.2) is 0 Å². The second kappa shape index (κ2) is 10.2. The lowest BCUT2D eigenvalue weighted by Crippen LogP contribution is -2.42. The molecule has 0 saturated carbocycles. The van der Waals surface area contributed by atoms with E-state index in [2.05, 4.69) is 43.2 Å². The minimum Gasteiger partial charge on any atom is -0.352 e. The molecule has 0 aliphatic carbocycles. The molecule has 114 valence electrons. The number of hydrogen-bond acceptors (Lipinski definition) is 3. The van der Waals surface area contributed by atoms with Crippen molar-refractivity contribution in [2.75, 3.05) is 27.2 Å². The number of amides is 1. The summed E-state index contributed by atoms with van der Waals surface area (Å²) in [5.41, 5.74) is 0. The second-order valence-electron chi connectivity index (χ2n) is 6.37. The van der Waals surface area contributed by atoms with Crippen molar-refractivity contribution in [2.24, 2.45) is 5.92 Å². The maximum Gasteiger partial charge on any atom is 0.220 e. The molecule has 0 fully saturated rings. The molecule has 0 aromatic heterocycles. The molecule has 4 heteroatoms. The molecule has 2 N–H and O–H groups in total. The number of carbonyl (C=O) groups is 1. The molecule has 0 heterocycles. The van der Waals surface area contributed by atoms with E-state index in [1.807, 2.05) is 14.1 Å². The number of likely N-dealkylation sites (N-methyl/N-ethyl adjacent to an activating group) is 1. The van der Waals surface area contributed by atoms with Crippen molar-refractivity contribution in [1.82, 2.24) is 15.5 Å². The summed E-state index contributed by atoms with van der Waals surface area (Å²) >= 11 is 0. The Morgan fingerprint density at radius 2 is 1.79 bits per heavy atom. The third kappa shape index (κ3) is 12.2. The summed E-state index contributed by atoms with van der Waals surface area (Å²) < 4.78 is 0. The first kappa shape index (κ1) is 18.4. The molecule has 4 nitrogen and oxygen atoms in total. The number of hydrogen-bond donors (Lipinski definition) is 2. The monoisotopic (exact) mass is 271 g/mol. The van der Waals surface area contributed by atoms with Gasteiger partial charge in [-0.15, -0.1) is 0 Å². The predicted octanol–water partition coefficient (Wildman–Crippen LogP) is 1.86. The van der Waals surface area contributed by atoms with Crippen LogP contribution in [0.25, 0.3) is 0 Å². The Kier molecular flexibility index (Phi) is 9.88. The molecule has 0 radical (unpaired) electrons. The minimum atomic E-state index is 0.179. The third-order valence-corrected chi connectivity index (χ3v) is 2.84. The van der Waals surface area contributed by atoms with Crippen LogP contribution in [0.4, 0.5) is 0 Å². The molecule has 1 unspecified atom stereocenters.